The Balaban J connectivity index is 1.85. The SMILES string of the molecule is CCN1c2cc(C)c(/C=N/NC(=O)c3cccc(F)c3)cc2C(C)=CC1(C)C. The molecule has 0 saturated heterocycles. The number of allylic oxidation sites excluding steroid dienone is 1. The highest BCUT2D eigenvalue weighted by atomic mass is 19.1. The maximum Gasteiger partial charge on any atom is 0.271 e. The van der Waals surface area contributed by atoms with Crippen molar-refractivity contribution >= 4 is 23.4 Å². The number of carbonyl (C=O) groups excluding carboxylic acids is 1. The highest BCUT2D eigenvalue weighted by Gasteiger charge is 2.30. The monoisotopic (exact) mass is 379 g/mol. The van der Waals surface area contributed by atoms with E-state index in [1.807, 2.05) is 6.92 Å². The van der Waals surface area contributed by atoms with E-state index in [2.05, 4.69) is 61.3 Å². The quantitative estimate of drug-likeness (QED) is 0.605. The molecule has 0 fully saturated rings. The molecule has 3 rings (SSSR count). The normalized spacial score (nSPS) is 15.4. The number of nitrogens with one attached hydrogen (secondary N) is 1. The van der Waals surface area contributed by atoms with Gasteiger partial charge in [0.05, 0.1) is 11.8 Å². The van der Waals surface area contributed by atoms with Gasteiger partial charge in [-0.15, -0.1) is 0 Å². The van der Waals surface area contributed by atoms with Crippen LogP contribution in [-0.2, 0) is 0 Å². The lowest BCUT2D eigenvalue weighted by atomic mass is 9.87. The predicted molar refractivity (Wildman–Crippen MR) is 113 cm³/mol. The molecule has 0 atom stereocenters. The third-order valence-electron chi connectivity index (χ3n) is 5.14. The number of nitrogens with zero attached hydrogens (tertiary/aromatic N) is 2. The molecule has 0 radical (unpaired) electrons. The molecule has 0 aliphatic carbocycles. The van der Waals surface area contributed by atoms with E-state index in [1.165, 1.54) is 35.0 Å². The molecule has 1 amide bonds. The fourth-order valence-corrected chi connectivity index (χ4v) is 3.82. The van der Waals surface area contributed by atoms with Crippen molar-refractivity contribution < 1.29 is 9.18 Å². The first-order valence-corrected chi connectivity index (χ1v) is 9.44. The molecule has 0 unspecified atom stereocenters. The van der Waals surface area contributed by atoms with Gasteiger partial charge in [-0.3, -0.25) is 4.79 Å². The van der Waals surface area contributed by atoms with E-state index < -0.39 is 11.7 Å². The second kappa shape index (κ2) is 7.58. The van der Waals surface area contributed by atoms with Crippen LogP contribution in [0.2, 0.25) is 0 Å². The highest BCUT2D eigenvalue weighted by Crippen LogP contribution is 2.39. The van der Waals surface area contributed by atoms with Crippen LogP contribution in [0.5, 0.6) is 0 Å². The minimum atomic E-state index is -0.451. The fourth-order valence-electron chi connectivity index (χ4n) is 3.82. The van der Waals surface area contributed by atoms with Gasteiger partial charge < -0.3 is 4.90 Å². The summed E-state index contributed by atoms with van der Waals surface area (Å²) in [7, 11) is 0. The molecule has 0 bridgehead atoms. The third-order valence-corrected chi connectivity index (χ3v) is 5.14. The van der Waals surface area contributed by atoms with E-state index in [0.717, 1.165) is 17.7 Å². The zero-order valence-electron chi connectivity index (χ0n) is 17.0. The lowest BCUT2D eigenvalue weighted by Gasteiger charge is -2.43. The topological polar surface area (TPSA) is 44.7 Å². The van der Waals surface area contributed by atoms with Crippen LogP contribution in [0.3, 0.4) is 0 Å². The number of likely N-dealkylation sites (N-methyl/N-ethyl adjacent to an activating group) is 1. The lowest BCUT2D eigenvalue weighted by molar-refractivity contribution is 0.0954. The molecule has 0 saturated carbocycles. The number of halogens is 1. The minimum absolute atomic E-state index is 0.0349. The van der Waals surface area contributed by atoms with Gasteiger partial charge in [0.1, 0.15) is 5.82 Å². The summed E-state index contributed by atoms with van der Waals surface area (Å²) in [6.07, 6.45) is 3.91. The number of rotatable bonds is 4. The summed E-state index contributed by atoms with van der Waals surface area (Å²) in [5.74, 6) is -0.894. The molecule has 2 aromatic carbocycles. The van der Waals surface area contributed by atoms with Crippen LogP contribution in [-0.4, -0.2) is 24.2 Å². The van der Waals surface area contributed by atoms with E-state index in [-0.39, 0.29) is 11.1 Å². The summed E-state index contributed by atoms with van der Waals surface area (Å²) in [5.41, 5.74) is 8.28. The van der Waals surface area contributed by atoms with Crippen molar-refractivity contribution in [3.8, 4) is 0 Å². The number of carbonyl (C=O) groups is 1. The first kappa shape index (κ1) is 19.8. The molecule has 4 nitrogen and oxygen atoms in total. The first-order chi connectivity index (χ1) is 13.2. The Bertz CT molecular complexity index is 976. The summed E-state index contributed by atoms with van der Waals surface area (Å²) in [5, 5.41) is 4.07. The molecule has 5 heteroatoms. The van der Waals surface area contributed by atoms with Crippen LogP contribution in [0.15, 0.2) is 47.6 Å². The number of fused-ring (bicyclic) bond motifs is 1. The van der Waals surface area contributed by atoms with E-state index in [0.29, 0.717) is 0 Å². The zero-order valence-corrected chi connectivity index (χ0v) is 17.0. The number of hydrazone groups is 1. The maximum atomic E-state index is 13.3. The van der Waals surface area contributed by atoms with E-state index >= 15 is 0 Å². The van der Waals surface area contributed by atoms with Gasteiger partial charge in [0.2, 0.25) is 0 Å². The van der Waals surface area contributed by atoms with Crippen LogP contribution >= 0.6 is 0 Å². The van der Waals surface area contributed by atoms with Gasteiger partial charge in [0, 0.05) is 23.4 Å². The summed E-state index contributed by atoms with van der Waals surface area (Å²) >= 11 is 0. The molecule has 0 aromatic heterocycles. The standard InChI is InChI=1S/C23H26FN3O/c1-6-27-21-10-15(2)18(12-20(21)16(3)13-23(27,4)5)14-25-26-22(28)17-8-7-9-19(24)11-17/h7-14H,6H2,1-5H3,(H,26,28)/b25-14+. The molecular formula is C23H26FN3O. The van der Waals surface area contributed by atoms with Gasteiger partial charge in [-0.25, -0.2) is 9.82 Å². The van der Waals surface area contributed by atoms with Crippen LogP contribution < -0.4 is 10.3 Å². The number of amides is 1. The Kier molecular flexibility index (Phi) is 5.36. The third kappa shape index (κ3) is 3.84. The van der Waals surface area contributed by atoms with Gasteiger partial charge in [-0.05, 0) is 81.7 Å². The molecule has 0 spiro atoms. The van der Waals surface area contributed by atoms with E-state index in [9.17, 15) is 9.18 Å². The smallest absolute Gasteiger partial charge is 0.271 e. The number of anilines is 1. The number of hydrogen-bond donors (Lipinski definition) is 1. The van der Waals surface area contributed by atoms with Crippen molar-refractivity contribution in [2.24, 2.45) is 5.10 Å². The second-order valence-electron chi connectivity index (χ2n) is 7.66. The number of hydrogen-bond acceptors (Lipinski definition) is 3. The van der Waals surface area contributed by atoms with Crippen LogP contribution in [0.25, 0.3) is 5.57 Å². The Morgan fingerprint density at radius 2 is 2.00 bits per heavy atom. The maximum absolute atomic E-state index is 13.3. The van der Waals surface area contributed by atoms with Crippen molar-refractivity contribution in [1.82, 2.24) is 5.43 Å². The average molecular weight is 379 g/mol. The predicted octanol–water partition coefficient (Wildman–Crippen LogP) is 4.92. The van der Waals surface area contributed by atoms with E-state index in [4.69, 9.17) is 0 Å². The number of benzene rings is 2. The van der Waals surface area contributed by atoms with Crippen LogP contribution in [0.4, 0.5) is 10.1 Å². The molecule has 28 heavy (non-hydrogen) atoms. The van der Waals surface area contributed by atoms with Crippen molar-refractivity contribution in [3.05, 3.63) is 70.5 Å². The molecule has 1 aliphatic rings. The lowest BCUT2D eigenvalue weighted by Crippen LogP contribution is -2.45. The highest BCUT2D eigenvalue weighted by molar-refractivity contribution is 5.95. The minimum Gasteiger partial charge on any atom is -0.363 e. The van der Waals surface area contributed by atoms with Crippen LogP contribution in [0, 0.1) is 12.7 Å². The summed E-state index contributed by atoms with van der Waals surface area (Å²) in [6.45, 7) is 11.7. The Labute approximate surface area is 165 Å². The van der Waals surface area contributed by atoms with Crippen molar-refractivity contribution in [1.29, 1.82) is 0 Å². The Hall–Kier alpha value is -2.95. The molecule has 2 aromatic rings. The van der Waals surface area contributed by atoms with Gasteiger partial charge in [-0.2, -0.15) is 5.10 Å². The molecular weight excluding hydrogens is 353 g/mol. The first-order valence-electron chi connectivity index (χ1n) is 9.44. The zero-order chi connectivity index (χ0) is 20.5. The average Bonchev–Trinajstić information content (AvgIpc) is 2.62. The van der Waals surface area contributed by atoms with Gasteiger partial charge in [0.25, 0.3) is 5.91 Å². The molecule has 1 heterocycles. The number of aryl methyl sites for hydroxylation is 1. The molecule has 1 aliphatic heterocycles. The second-order valence-corrected chi connectivity index (χ2v) is 7.66. The van der Waals surface area contributed by atoms with Crippen molar-refractivity contribution in [3.63, 3.8) is 0 Å². The Morgan fingerprint density at radius 3 is 2.68 bits per heavy atom. The molecule has 1 N–H and O–H groups in total. The van der Waals surface area contributed by atoms with Gasteiger partial charge in [0.15, 0.2) is 0 Å². The molecule has 146 valence electrons. The van der Waals surface area contributed by atoms with Crippen LogP contribution in [0.1, 0.15) is 54.7 Å². The fraction of sp³-hybridized carbons (Fsp3) is 0.304. The summed E-state index contributed by atoms with van der Waals surface area (Å²) < 4.78 is 13.3. The van der Waals surface area contributed by atoms with Gasteiger partial charge >= 0.3 is 0 Å². The summed E-state index contributed by atoms with van der Waals surface area (Å²) in [4.78, 5) is 14.5. The Morgan fingerprint density at radius 1 is 1.25 bits per heavy atom. The largest absolute Gasteiger partial charge is 0.363 e. The van der Waals surface area contributed by atoms with E-state index in [1.54, 1.807) is 12.3 Å². The van der Waals surface area contributed by atoms with Crippen molar-refractivity contribution in [2.45, 2.75) is 40.2 Å². The van der Waals surface area contributed by atoms with Crippen molar-refractivity contribution in [2.75, 3.05) is 11.4 Å². The summed E-state index contributed by atoms with van der Waals surface area (Å²) in [6, 6.07) is 9.81. The van der Waals surface area contributed by atoms with Gasteiger partial charge in [-0.1, -0.05) is 12.1 Å².